The van der Waals surface area contributed by atoms with Crippen molar-refractivity contribution in [3.05, 3.63) is 65.9 Å². The topological polar surface area (TPSA) is 51.5 Å². The van der Waals surface area contributed by atoms with Gasteiger partial charge in [0.2, 0.25) is 0 Å². The third kappa shape index (κ3) is 3.38. The molecule has 4 heteroatoms. The van der Waals surface area contributed by atoms with Gasteiger partial charge in [0.1, 0.15) is 17.9 Å². The van der Waals surface area contributed by atoms with Crippen molar-refractivity contribution in [2.24, 2.45) is 5.92 Å². The van der Waals surface area contributed by atoms with Gasteiger partial charge in [-0.15, -0.1) is 0 Å². The monoisotopic (exact) mass is 335 g/mol. The third-order valence-corrected chi connectivity index (χ3v) is 4.72. The average molecular weight is 335 g/mol. The molecule has 1 aliphatic carbocycles. The summed E-state index contributed by atoms with van der Waals surface area (Å²) in [6.07, 6.45) is 2.37. The van der Waals surface area contributed by atoms with E-state index < -0.39 is 0 Å². The molecule has 1 aromatic heterocycles. The number of carbonyl (C=O) groups is 1. The second kappa shape index (κ2) is 6.63. The van der Waals surface area contributed by atoms with Crippen LogP contribution in [0.1, 0.15) is 35.9 Å². The van der Waals surface area contributed by atoms with E-state index in [1.807, 2.05) is 54.6 Å². The van der Waals surface area contributed by atoms with Crippen molar-refractivity contribution >= 4 is 16.9 Å². The second-order valence-electron chi connectivity index (χ2n) is 6.61. The maximum absolute atomic E-state index is 12.7. The number of rotatable bonds is 6. The predicted octanol–water partition coefficient (Wildman–Crippen LogP) is 4.54. The Kier molecular flexibility index (Phi) is 4.18. The molecule has 1 fully saturated rings. The van der Waals surface area contributed by atoms with Crippen molar-refractivity contribution < 1.29 is 13.9 Å². The number of nitrogens with one attached hydrogen (secondary N) is 1. The molecule has 1 amide bonds. The van der Waals surface area contributed by atoms with Gasteiger partial charge >= 0.3 is 0 Å². The largest absolute Gasteiger partial charge is 0.489 e. The molecule has 1 saturated carbocycles. The van der Waals surface area contributed by atoms with Gasteiger partial charge in [-0.1, -0.05) is 36.4 Å². The molecule has 0 aliphatic heterocycles. The van der Waals surface area contributed by atoms with Crippen LogP contribution < -0.4 is 10.1 Å². The Labute approximate surface area is 146 Å². The maximum Gasteiger partial charge on any atom is 0.287 e. The zero-order chi connectivity index (χ0) is 17.2. The molecular weight excluding hydrogens is 314 g/mol. The smallest absolute Gasteiger partial charge is 0.287 e. The van der Waals surface area contributed by atoms with Gasteiger partial charge in [0.05, 0.1) is 0 Å². The molecule has 0 spiro atoms. The molecule has 128 valence electrons. The fraction of sp³-hybridized carbons (Fsp3) is 0.286. The minimum absolute atomic E-state index is 0.165. The lowest BCUT2D eigenvalue weighted by atomic mass is 10.1. The first-order chi connectivity index (χ1) is 12.2. The fourth-order valence-corrected chi connectivity index (χ4v) is 3.08. The molecule has 2 aromatic carbocycles. The fourth-order valence-electron chi connectivity index (χ4n) is 3.08. The number of para-hydroxylation sites is 2. The van der Waals surface area contributed by atoms with Gasteiger partial charge in [-0.3, -0.25) is 4.79 Å². The van der Waals surface area contributed by atoms with Crippen LogP contribution in [-0.2, 0) is 6.61 Å². The number of hydrogen-bond acceptors (Lipinski definition) is 3. The van der Waals surface area contributed by atoms with Crippen LogP contribution in [0.15, 0.2) is 59.0 Å². The van der Waals surface area contributed by atoms with Crippen LogP contribution in [0.4, 0.5) is 0 Å². The summed E-state index contributed by atoms with van der Waals surface area (Å²) in [7, 11) is 0. The number of benzene rings is 2. The van der Waals surface area contributed by atoms with Crippen molar-refractivity contribution in [3.63, 3.8) is 0 Å². The van der Waals surface area contributed by atoms with Crippen LogP contribution >= 0.6 is 0 Å². The molecule has 25 heavy (non-hydrogen) atoms. The van der Waals surface area contributed by atoms with E-state index in [0.29, 0.717) is 23.9 Å². The normalized spacial score (nSPS) is 15.1. The number of carbonyl (C=O) groups excluding carboxylic acids is 1. The van der Waals surface area contributed by atoms with E-state index in [1.54, 1.807) is 0 Å². The van der Waals surface area contributed by atoms with Gasteiger partial charge < -0.3 is 14.5 Å². The summed E-state index contributed by atoms with van der Waals surface area (Å²) in [5, 5.41) is 3.99. The highest BCUT2D eigenvalue weighted by Gasteiger charge is 2.30. The predicted molar refractivity (Wildman–Crippen MR) is 96.6 cm³/mol. The first-order valence-electron chi connectivity index (χ1n) is 8.71. The quantitative estimate of drug-likeness (QED) is 0.719. The average Bonchev–Trinajstić information content (AvgIpc) is 3.42. The van der Waals surface area contributed by atoms with E-state index >= 15 is 0 Å². The lowest BCUT2D eigenvalue weighted by Crippen LogP contribution is -2.34. The highest BCUT2D eigenvalue weighted by Crippen LogP contribution is 2.33. The summed E-state index contributed by atoms with van der Waals surface area (Å²) in [5.41, 5.74) is 1.50. The Balaban J connectivity index is 1.61. The van der Waals surface area contributed by atoms with Gasteiger partial charge in [-0.05, 0) is 43.9 Å². The summed E-state index contributed by atoms with van der Waals surface area (Å²) in [6, 6.07) is 17.4. The number of hydrogen-bond donors (Lipinski definition) is 1. The molecule has 1 aliphatic rings. The summed E-state index contributed by atoms with van der Waals surface area (Å²) in [5.74, 6) is 1.55. The van der Waals surface area contributed by atoms with Crippen LogP contribution in [0.2, 0.25) is 0 Å². The Hall–Kier alpha value is -2.75. The van der Waals surface area contributed by atoms with Crippen molar-refractivity contribution in [1.82, 2.24) is 5.32 Å². The standard InChI is InChI=1S/C21H21NO3/c1-14(15-11-12-15)22-21(23)20-18(13-24-16-7-3-2-4-8-16)17-9-5-6-10-19(17)25-20/h2-10,14-15H,11-13H2,1H3,(H,22,23). The number of amides is 1. The van der Waals surface area contributed by atoms with Crippen molar-refractivity contribution in [2.45, 2.75) is 32.4 Å². The van der Waals surface area contributed by atoms with Crippen LogP contribution in [0.25, 0.3) is 11.0 Å². The number of fused-ring (bicyclic) bond motifs is 1. The van der Waals surface area contributed by atoms with E-state index in [1.165, 1.54) is 12.8 Å². The molecule has 1 atom stereocenters. The lowest BCUT2D eigenvalue weighted by molar-refractivity contribution is 0.0906. The lowest BCUT2D eigenvalue weighted by Gasteiger charge is -2.12. The third-order valence-electron chi connectivity index (χ3n) is 4.72. The van der Waals surface area contributed by atoms with Gasteiger partial charge in [-0.2, -0.15) is 0 Å². The minimum atomic E-state index is -0.165. The van der Waals surface area contributed by atoms with Crippen molar-refractivity contribution in [1.29, 1.82) is 0 Å². The molecule has 4 rings (SSSR count). The van der Waals surface area contributed by atoms with E-state index in [4.69, 9.17) is 9.15 Å². The van der Waals surface area contributed by atoms with Crippen molar-refractivity contribution in [2.75, 3.05) is 0 Å². The number of furan rings is 1. The maximum atomic E-state index is 12.7. The molecule has 1 unspecified atom stereocenters. The molecule has 0 radical (unpaired) electrons. The first-order valence-corrected chi connectivity index (χ1v) is 8.71. The van der Waals surface area contributed by atoms with Crippen LogP contribution in [-0.4, -0.2) is 11.9 Å². The van der Waals surface area contributed by atoms with E-state index in [0.717, 1.165) is 16.7 Å². The Morgan fingerprint density at radius 1 is 1.16 bits per heavy atom. The van der Waals surface area contributed by atoms with E-state index in [9.17, 15) is 4.79 Å². The second-order valence-corrected chi connectivity index (χ2v) is 6.61. The Morgan fingerprint density at radius 3 is 2.64 bits per heavy atom. The Bertz CT molecular complexity index is 881. The zero-order valence-electron chi connectivity index (χ0n) is 14.2. The first kappa shape index (κ1) is 15.8. The minimum Gasteiger partial charge on any atom is -0.489 e. The molecule has 0 bridgehead atoms. The molecule has 0 saturated heterocycles. The molecular formula is C21H21NO3. The van der Waals surface area contributed by atoms with Crippen LogP contribution in [0.3, 0.4) is 0 Å². The molecule has 4 nitrogen and oxygen atoms in total. The van der Waals surface area contributed by atoms with Gasteiger partial charge in [0, 0.05) is 17.0 Å². The summed E-state index contributed by atoms with van der Waals surface area (Å²) < 4.78 is 11.7. The number of ether oxygens (including phenoxy) is 1. The molecule has 1 N–H and O–H groups in total. The zero-order valence-corrected chi connectivity index (χ0v) is 14.2. The van der Waals surface area contributed by atoms with Crippen LogP contribution in [0.5, 0.6) is 5.75 Å². The van der Waals surface area contributed by atoms with Gasteiger partial charge in [0.15, 0.2) is 5.76 Å². The van der Waals surface area contributed by atoms with Crippen LogP contribution in [0, 0.1) is 5.92 Å². The SMILES string of the molecule is CC(NC(=O)c1oc2ccccc2c1COc1ccccc1)C1CC1. The highest BCUT2D eigenvalue weighted by atomic mass is 16.5. The van der Waals surface area contributed by atoms with Gasteiger partial charge in [0.25, 0.3) is 5.91 Å². The summed E-state index contributed by atoms with van der Waals surface area (Å²) >= 11 is 0. The summed E-state index contributed by atoms with van der Waals surface area (Å²) in [4.78, 5) is 12.7. The molecule has 3 aromatic rings. The van der Waals surface area contributed by atoms with E-state index in [2.05, 4.69) is 12.2 Å². The summed E-state index contributed by atoms with van der Waals surface area (Å²) in [6.45, 7) is 2.35. The molecule has 1 heterocycles. The van der Waals surface area contributed by atoms with E-state index in [-0.39, 0.29) is 11.9 Å². The van der Waals surface area contributed by atoms with Gasteiger partial charge in [-0.25, -0.2) is 0 Å². The van der Waals surface area contributed by atoms with Crippen molar-refractivity contribution in [3.8, 4) is 5.75 Å². The highest BCUT2D eigenvalue weighted by molar-refractivity contribution is 5.99. The Morgan fingerprint density at radius 2 is 1.88 bits per heavy atom.